The van der Waals surface area contributed by atoms with Gasteiger partial charge in [-0.3, -0.25) is 0 Å². The maximum absolute atomic E-state index is 5.23. The number of methoxy groups -OCH3 is 1. The Kier molecular flexibility index (Phi) is 4.30. The quantitative estimate of drug-likeness (QED) is 0.814. The molecular formula is C13H18N4O. The van der Waals surface area contributed by atoms with Crippen LogP contribution in [0.5, 0.6) is 5.75 Å². The average molecular weight is 246 g/mol. The molecule has 0 aliphatic carbocycles. The summed E-state index contributed by atoms with van der Waals surface area (Å²) in [6.45, 7) is 2.97. The Morgan fingerprint density at radius 2 is 2.33 bits per heavy atom. The zero-order chi connectivity index (χ0) is 12.8. The topological polar surface area (TPSA) is 62.8 Å². The number of nitrogens with zero attached hydrogens (tertiary/aromatic N) is 2. The molecule has 0 bridgehead atoms. The van der Waals surface area contributed by atoms with E-state index < -0.39 is 0 Å². The number of likely N-dealkylation sites (N-methyl/N-ethyl adjacent to an activating group) is 1. The van der Waals surface area contributed by atoms with Crippen molar-refractivity contribution >= 4 is 0 Å². The molecule has 1 heterocycles. The predicted octanol–water partition coefficient (Wildman–Crippen LogP) is 1.71. The number of nitrogens with one attached hydrogen (secondary N) is 2. The first kappa shape index (κ1) is 12.6. The minimum atomic E-state index is 0.167. The Bertz CT molecular complexity index is 470. The number of hydrogen-bond donors (Lipinski definition) is 2. The van der Waals surface area contributed by atoms with Gasteiger partial charge in [-0.15, -0.1) is 0 Å². The van der Waals surface area contributed by atoms with Crippen molar-refractivity contribution in [1.82, 2.24) is 20.7 Å². The minimum Gasteiger partial charge on any atom is -0.497 e. The van der Waals surface area contributed by atoms with Crippen molar-refractivity contribution in [2.45, 2.75) is 19.4 Å². The zero-order valence-electron chi connectivity index (χ0n) is 10.7. The molecular weight excluding hydrogens is 228 g/mol. The van der Waals surface area contributed by atoms with Gasteiger partial charge in [0.2, 0.25) is 0 Å². The summed E-state index contributed by atoms with van der Waals surface area (Å²) in [5.74, 6) is 0.878. The van der Waals surface area contributed by atoms with Crippen molar-refractivity contribution in [2.75, 3.05) is 13.7 Å². The van der Waals surface area contributed by atoms with Gasteiger partial charge in [-0.2, -0.15) is 15.4 Å². The van der Waals surface area contributed by atoms with E-state index >= 15 is 0 Å². The first-order chi connectivity index (χ1) is 8.83. The molecule has 0 fully saturated rings. The highest BCUT2D eigenvalue weighted by atomic mass is 16.5. The molecule has 0 radical (unpaired) electrons. The van der Waals surface area contributed by atoms with Gasteiger partial charge in [-0.1, -0.05) is 19.1 Å². The fourth-order valence-corrected chi connectivity index (χ4v) is 1.94. The summed E-state index contributed by atoms with van der Waals surface area (Å²) in [4.78, 5) is 0. The number of ether oxygens (including phenoxy) is 1. The molecule has 1 unspecified atom stereocenters. The molecule has 2 aromatic rings. The van der Waals surface area contributed by atoms with E-state index in [1.54, 1.807) is 13.3 Å². The summed E-state index contributed by atoms with van der Waals surface area (Å²) in [7, 11) is 1.68. The van der Waals surface area contributed by atoms with Crippen molar-refractivity contribution in [3.8, 4) is 5.75 Å². The highest BCUT2D eigenvalue weighted by Crippen LogP contribution is 2.19. The van der Waals surface area contributed by atoms with E-state index in [0.29, 0.717) is 0 Å². The molecule has 5 heteroatoms. The SMILES string of the molecule is CCNC(Cc1cccc(OC)c1)c1cn[nH]n1. The Balaban J connectivity index is 2.13. The number of hydrogen-bond acceptors (Lipinski definition) is 4. The summed E-state index contributed by atoms with van der Waals surface area (Å²) < 4.78 is 5.23. The number of H-pyrrole nitrogens is 1. The molecule has 1 atom stereocenters. The number of rotatable bonds is 6. The molecule has 0 saturated carbocycles. The third kappa shape index (κ3) is 3.07. The van der Waals surface area contributed by atoms with E-state index in [9.17, 15) is 0 Å². The summed E-state index contributed by atoms with van der Waals surface area (Å²) in [6.07, 6.45) is 2.62. The van der Waals surface area contributed by atoms with Crippen molar-refractivity contribution in [3.63, 3.8) is 0 Å². The molecule has 0 saturated heterocycles. The van der Waals surface area contributed by atoms with Crippen LogP contribution in [0.3, 0.4) is 0 Å². The second kappa shape index (κ2) is 6.16. The standard InChI is InChI=1S/C13H18N4O/c1-3-14-12(13-9-15-17-16-13)8-10-5-4-6-11(7-10)18-2/h4-7,9,12,14H,3,8H2,1-2H3,(H,15,16,17). The van der Waals surface area contributed by atoms with Crippen LogP contribution < -0.4 is 10.1 Å². The minimum absolute atomic E-state index is 0.167. The molecule has 96 valence electrons. The van der Waals surface area contributed by atoms with Gasteiger partial charge in [0.25, 0.3) is 0 Å². The normalized spacial score (nSPS) is 12.3. The summed E-state index contributed by atoms with van der Waals surface area (Å²) in [5.41, 5.74) is 2.14. The van der Waals surface area contributed by atoms with Gasteiger partial charge in [0.15, 0.2) is 0 Å². The van der Waals surface area contributed by atoms with Gasteiger partial charge in [-0.05, 0) is 30.7 Å². The van der Waals surface area contributed by atoms with Crippen LogP contribution in [0.15, 0.2) is 30.5 Å². The monoisotopic (exact) mass is 246 g/mol. The predicted molar refractivity (Wildman–Crippen MR) is 69.5 cm³/mol. The average Bonchev–Trinajstić information content (AvgIpc) is 2.92. The van der Waals surface area contributed by atoms with E-state index in [-0.39, 0.29) is 6.04 Å². The van der Waals surface area contributed by atoms with Crippen LogP contribution >= 0.6 is 0 Å². The lowest BCUT2D eigenvalue weighted by Crippen LogP contribution is -2.23. The Morgan fingerprint density at radius 3 is 3.00 bits per heavy atom. The second-order valence-corrected chi connectivity index (χ2v) is 4.06. The lowest BCUT2D eigenvalue weighted by atomic mass is 10.0. The fraction of sp³-hybridized carbons (Fsp3) is 0.385. The van der Waals surface area contributed by atoms with E-state index in [4.69, 9.17) is 4.74 Å². The lowest BCUT2D eigenvalue weighted by molar-refractivity contribution is 0.413. The smallest absolute Gasteiger partial charge is 0.119 e. The fourth-order valence-electron chi connectivity index (χ4n) is 1.94. The third-order valence-electron chi connectivity index (χ3n) is 2.82. The number of aromatic amines is 1. The molecule has 1 aromatic heterocycles. The number of aromatic nitrogens is 3. The van der Waals surface area contributed by atoms with Crippen molar-refractivity contribution in [3.05, 3.63) is 41.7 Å². The summed E-state index contributed by atoms with van der Waals surface area (Å²) >= 11 is 0. The van der Waals surface area contributed by atoms with E-state index in [1.807, 2.05) is 18.2 Å². The highest BCUT2D eigenvalue weighted by molar-refractivity contribution is 5.29. The van der Waals surface area contributed by atoms with Gasteiger partial charge in [0.1, 0.15) is 5.75 Å². The van der Waals surface area contributed by atoms with Crippen LogP contribution in [-0.4, -0.2) is 29.1 Å². The van der Waals surface area contributed by atoms with Crippen LogP contribution in [0, 0.1) is 0 Å². The third-order valence-corrected chi connectivity index (χ3v) is 2.82. The lowest BCUT2D eigenvalue weighted by Gasteiger charge is -2.15. The molecule has 0 amide bonds. The van der Waals surface area contributed by atoms with Gasteiger partial charge in [-0.25, -0.2) is 0 Å². The maximum atomic E-state index is 5.23. The highest BCUT2D eigenvalue weighted by Gasteiger charge is 2.13. The Hall–Kier alpha value is -1.88. The van der Waals surface area contributed by atoms with E-state index in [1.165, 1.54) is 5.56 Å². The molecule has 5 nitrogen and oxygen atoms in total. The second-order valence-electron chi connectivity index (χ2n) is 4.06. The summed E-state index contributed by atoms with van der Waals surface area (Å²) in [5, 5.41) is 14.1. The Labute approximate surface area is 107 Å². The molecule has 0 aliphatic rings. The largest absolute Gasteiger partial charge is 0.497 e. The maximum Gasteiger partial charge on any atom is 0.119 e. The van der Waals surface area contributed by atoms with Crippen LogP contribution in [0.2, 0.25) is 0 Å². The van der Waals surface area contributed by atoms with Crippen LogP contribution in [0.25, 0.3) is 0 Å². The molecule has 2 N–H and O–H groups in total. The first-order valence-corrected chi connectivity index (χ1v) is 6.05. The van der Waals surface area contributed by atoms with Gasteiger partial charge in [0.05, 0.1) is 25.0 Å². The van der Waals surface area contributed by atoms with Crippen LogP contribution in [0.4, 0.5) is 0 Å². The van der Waals surface area contributed by atoms with Crippen LogP contribution in [0.1, 0.15) is 24.2 Å². The molecule has 2 rings (SSSR count). The van der Waals surface area contributed by atoms with Crippen molar-refractivity contribution in [1.29, 1.82) is 0 Å². The van der Waals surface area contributed by atoms with Gasteiger partial charge < -0.3 is 10.1 Å². The van der Waals surface area contributed by atoms with Crippen molar-refractivity contribution in [2.24, 2.45) is 0 Å². The van der Waals surface area contributed by atoms with Crippen LogP contribution in [-0.2, 0) is 6.42 Å². The van der Waals surface area contributed by atoms with E-state index in [0.717, 1.165) is 24.4 Å². The van der Waals surface area contributed by atoms with E-state index in [2.05, 4.69) is 33.7 Å². The zero-order valence-corrected chi connectivity index (χ0v) is 10.7. The van der Waals surface area contributed by atoms with Gasteiger partial charge >= 0.3 is 0 Å². The summed E-state index contributed by atoms with van der Waals surface area (Å²) in [6, 6.07) is 8.25. The molecule has 1 aromatic carbocycles. The molecule has 18 heavy (non-hydrogen) atoms. The molecule has 0 aliphatic heterocycles. The number of benzene rings is 1. The molecule has 0 spiro atoms. The first-order valence-electron chi connectivity index (χ1n) is 6.05. The van der Waals surface area contributed by atoms with Crippen molar-refractivity contribution < 1.29 is 4.74 Å². The van der Waals surface area contributed by atoms with Gasteiger partial charge in [0, 0.05) is 0 Å². The Morgan fingerprint density at radius 1 is 1.44 bits per heavy atom.